The highest BCUT2D eigenvalue weighted by Gasteiger charge is 2.36. The van der Waals surface area contributed by atoms with Gasteiger partial charge in [0.15, 0.2) is 0 Å². The van der Waals surface area contributed by atoms with Crippen LogP contribution < -0.4 is 0 Å². The third-order valence-electron chi connectivity index (χ3n) is 11.5. The number of unbranched alkanes of at least 4 members (excludes halogenated alkanes) is 24. The van der Waals surface area contributed by atoms with Gasteiger partial charge in [-0.2, -0.15) is 0 Å². The molecule has 0 aliphatic carbocycles. The minimum absolute atomic E-state index is 0.811. The Bertz CT molecular complexity index is 683. The van der Waals surface area contributed by atoms with Crippen LogP contribution >= 0.6 is 0 Å². The van der Waals surface area contributed by atoms with Crippen LogP contribution in [0, 0.1) is 0 Å². The number of hydrogen-bond donors (Lipinski definition) is 0. The maximum absolute atomic E-state index is 6.24. The Morgan fingerprint density at radius 2 is 0.552 bits per heavy atom. The smallest absolute Gasteiger partial charge is 0.338 e. The molecule has 0 fully saturated rings. The molecule has 0 aromatic rings. The first kappa shape index (κ1) is 62.7. The summed E-state index contributed by atoms with van der Waals surface area (Å²) in [5.74, 6) is 0. The summed E-state index contributed by atoms with van der Waals surface area (Å²) in [7, 11) is -1.37. The largest absolute Gasteiger partial charge is 0.398 e. The van der Waals surface area contributed by atoms with Crippen molar-refractivity contribution in [3.8, 4) is 0 Å². The average Bonchev–Trinajstić information content (AvgIpc) is 3.23. The topological polar surface area (TPSA) is 55.4 Å². The SMILES string of the molecule is CCCCCCCC[Si](CCCCCCCC)(OC)OC.CCCCCCCC[Si](CCCCCCCC)(OCC)OCC.CCCCCCC[SiH](OCC)OCC. The van der Waals surface area contributed by atoms with Crippen LogP contribution in [0.5, 0.6) is 0 Å². The maximum Gasteiger partial charge on any atom is 0.338 e. The fourth-order valence-corrected chi connectivity index (χ4v) is 15.9. The van der Waals surface area contributed by atoms with Gasteiger partial charge in [0, 0.05) is 40.6 Å². The Labute approximate surface area is 370 Å². The molecule has 0 spiro atoms. The van der Waals surface area contributed by atoms with Crippen molar-refractivity contribution in [3.05, 3.63) is 0 Å². The summed E-state index contributed by atoms with van der Waals surface area (Å²) in [4.78, 5) is 0. The zero-order chi connectivity index (χ0) is 43.7. The molecule has 0 radical (unpaired) electrons. The van der Waals surface area contributed by atoms with E-state index in [1.54, 1.807) is 0 Å². The second-order valence-electron chi connectivity index (χ2n) is 16.7. The van der Waals surface area contributed by atoms with Crippen molar-refractivity contribution in [3.63, 3.8) is 0 Å². The Hall–Kier alpha value is 0.411. The van der Waals surface area contributed by atoms with E-state index in [9.17, 15) is 0 Å². The first-order chi connectivity index (χ1) is 28.3. The van der Waals surface area contributed by atoms with Crippen LogP contribution in [-0.2, 0) is 26.6 Å². The summed E-state index contributed by atoms with van der Waals surface area (Å²) in [5, 5.41) is 0. The Balaban J connectivity index is -0.000000806. The van der Waals surface area contributed by atoms with E-state index in [4.69, 9.17) is 26.6 Å². The molecule has 354 valence electrons. The van der Waals surface area contributed by atoms with Crippen LogP contribution in [0.25, 0.3) is 0 Å². The van der Waals surface area contributed by atoms with Crippen molar-refractivity contribution in [2.75, 3.05) is 40.6 Å². The van der Waals surface area contributed by atoms with Gasteiger partial charge in [0.1, 0.15) is 0 Å². The highest BCUT2D eigenvalue weighted by atomic mass is 28.4. The van der Waals surface area contributed by atoms with E-state index >= 15 is 0 Å². The van der Waals surface area contributed by atoms with Gasteiger partial charge >= 0.3 is 26.4 Å². The maximum atomic E-state index is 6.24. The van der Waals surface area contributed by atoms with Gasteiger partial charge in [0.25, 0.3) is 0 Å². The zero-order valence-electron chi connectivity index (χ0n) is 41.9. The molecular weight excluding hydrogens is 769 g/mol. The predicted molar refractivity (Wildman–Crippen MR) is 265 cm³/mol. The van der Waals surface area contributed by atoms with Crippen LogP contribution in [0.3, 0.4) is 0 Å². The first-order valence-electron chi connectivity index (χ1n) is 25.9. The molecule has 0 amide bonds. The van der Waals surface area contributed by atoms with Gasteiger partial charge < -0.3 is 26.6 Å². The molecule has 0 unspecified atom stereocenters. The van der Waals surface area contributed by atoms with Crippen molar-refractivity contribution < 1.29 is 26.6 Å². The summed E-state index contributed by atoms with van der Waals surface area (Å²) < 4.78 is 35.4. The van der Waals surface area contributed by atoms with Crippen LogP contribution in [-0.4, -0.2) is 67.1 Å². The molecule has 0 heterocycles. The van der Waals surface area contributed by atoms with Crippen LogP contribution in [0.2, 0.25) is 30.2 Å². The van der Waals surface area contributed by atoms with E-state index in [0.29, 0.717) is 0 Å². The highest BCUT2D eigenvalue weighted by molar-refractivity contribution is 6.67. The molecule has 0 bridgehead atoms. The van der Waals surface area contributed by atoms with Crippen LogP contribution in [0.1, 0.15) is 249 Å². The number of hydrogen-bond acceptors (Lipinski definition) is 6. The number of rotatable bonds is 44. The zero-order valence-corrected chi connectivity index (χ0v) is 45.1. The molecule has 0 saturated carbocycles. The Morgan fingerprint density at radius 1 is 0.293 bits per heavy atom. The minimum atomic E-state index is -1.93. The molecule has 0 aromatic carbocycles. The molecule has 0 N–H and O–H groups in total. The first-order valence-corrected chi connectivity index (χ1v) is 32.2. The highest BCUT2D eigenvalue weighted by Crippen LogP contribution is 2.27. The van der Waals surface area contributed by atoms with Crippen LogP contribution in [0.4, 0.5) is 0 Å². The fraction of sp³-hybridized carbons (Fsp3) is 1.00. The van der Waals surface area contributed by atoms with Crippen LogP contribution in [0.15, 0.2) is 0 Å². The van der Waals surface area contributed by atoms with Crippen molar-refractivity contribution in [2.45, 2.75) is 279 Å². The lowest BCUT2D eigenvalue weighted by atomic mass is 10.1. The second-order valence-corrected chi connectivity index (χ2v) is 25.8. The minimum Gasteiger partial charge on any atom is -0.398 e. The molecule has 0 aromatic heterocycles. The summed E-state index contributed by atoms with van der Waals surface area (Å²) >= 11 is 0. The molecular formula is C49H110O6Si3. The van der Waals surface area contributed by atoms with Crippen molar-refractivity contribution in [1.29, 1.82) is 0 Å². The van der Waals surface area contributed by atoms with E-state index in [2.05, 4.69) is 62.3 Å². The van der Waals surface area contributed by atoms with Crippen molar-refractivity contribution >= 4 is 26.4 Å². The van der Waals surface area contributed by atoms with Crippen molar-refractivity contribution in [2.24, 2.45) is 0 Å². The third kappa shape index (κ3) is 43.1. The van der Waals surface area contributed by atoms with E-state index in [0.717, 1.165) is 26.4 Å². The predicted octanol–water partition coefficient (Wildman–Crippen LogP) is 16.9. The molecule has 0 rings (SSSR count). The lowest BCUT2D eigenvalue weighted by Crippen LogP contribution is -2.42. The van der Waals surface area contributed by atoms with Gasteiger partial charge in [-0.05, 0) is 57.9 Å². The molecule has 6 nitrogen and oxygen atoms in total. The average molecular weight is 880 g/mol. The van der Waals surface area contributed by atoms with E-state index in [1.807, 2.05) is 14.2 Å². The lowest BCUT2D eigenvalue weighted by molar-refractivity contribution is 0.180. The monoisotopic (exact) mass is 879 g/mol. The Kier molecular flexibility index (Phi) is 56.0. The van der Waals surface area contributed by atoms with Gasteiger partial charge in [0.05, 0.1) is 0 Å². The molecule has 0 atom stereocenters. The second kappa shape index (κ2) is 51.8. The van der Waals surface area contributed by atoms with Gasteiger partial charge in [-0.25, -0.2) is 0 Å². The van der Waals surface area contributed by atoms with E-state index in [1.165, 1.54) is 216 Å². The van der Waals surface area contributed by atoms with Gasteiger partial charge in [0.2, 0.25) is 0 Å². The Morgan fingerprint density at radius 3 is 0.810 bits per heavy atom. The normalized spacial score (nSPS) is 11.8. The molecule has 9 heteroatoms. The summed E-state index contributed by atoms with van der Waals surface area (Å²) in [5.41, 5.74) is 0. The standard InChI is InChI=1S/C20H44O2Si.C18H40O2Si.C11H26O2Si/c1-5-9-11-13-15-17-19-23(21-7-3,22-8-4)20-18-16-14-12-10-6-2;1-5-7-9-11-13-15-17-21(19-3,20-4)18-16-14-12-10-8-6-2;1-4-7-8-9-10-11-14(12-5-2)13-6-3/h5-20H2,1-4H3;5-18H2,1-4H3;14H,4-11H2,1-3H3. The summed E-state index contributed by atoms with van der Waals surface area (Å²) in [6.45, 7) is 23.0. The van der Waals surface area contributed by atoms with Gasteiger partial charge in [-0.1, -0.05) is 221 Å². The van der Waals surface area contributed by atoms with Gasteiger partial charge in [-0.15, -0.1) is 0 Å². The molecule has 58 heavy (non-hydrogen) atoms. The van der Waals surface area contributed by atoms with E-state index in [-0.39, 0.29) is 0 Å². The molecule has 0 aliphatic rings. The van der Waals surface area contributed by atoms with Crippen molar-refractivity contribution in [1.82, 2.24) is 0 Å². The summed E-state index contributed by atoms with van der Waals surface area (Å²) in [6.07, 6.45) is 39.2. The van der Waals surface area contributed by atoms with Gasteiger partial charge in [-0.3, -0.25) is 0 Å². The molecule has 0 saturated heterocycles. The summed E-state index contributed by atoms with van der Waals surface area (Å²) in [6, 6.07) is 5.96. The lowest BCUT2D eigenvalue weighted by Gasteiger charge is -2.30. The quantitative estimate of drug-likeness (QED) is 0.0449. The fourth-order valence-electron chi connectivity index (χ4n) is 7.80. The van der Waals surface area contributed by atoms with E-state index < -0.39 is 26.4 Å². The molecule has 0 aliphatic heterocycles. The third-order valence-corrected chi connectivity index (χ3v) is 21.3.